The van der Waals surface area contributed by atoms with Gasteiger partial charge in [0, 0.05) is 5.56 Å². The summed E-state index contributed by atoms with van der Waals surface area (Å²) in [5.74, 6) is 2.43. The normalized spacial score (nSPS) is 10.7. The molecule has 0 aliphatic rings. The van der Waals surface area contributed by atoms with E-state index in [9.17, 15) is 9.59 Å². The zero-order valence-corrected chi connectivity index (χ0v) is 12.5. The number of fused-ring (bicyclic) bond motifs is 1. The lowest BCUT2D eigenvalue weighted by molar-refractivity contribution is 0.903. The van der Waals surface area contributed by atoms with Gasteiger partial charge in [-0.25, -0.2) is 9.36 Å². The van der Waals surface area contributed by atoms with Crippen LogP contribution in [-0.2, 0) is 0 Å². The number of benzene rings is 1. The van der Waals surface area contributed by atoms with Crippen LogP contribution in [0.4, 0.5) is 0 Å². The molecule has 0 fully saturated rings. The van der Waals surface area contributed by atoms with Crippen molar-refractivity contribution in [3.05, 3.63) is 60.6 Å². The van der Waals surface area contributed by atoms with Crippen LogP contribution in [0.15, 0.2) is 33.2 Å². The highest BCUT2D eigenvalue weighted by Crippen LogP contribution is 2.24. The van der Waals surface area contributed by atoms with Crippen molar-refractivity contribution < 1.29 is 0 Å². The molecule has 1 aromatic carbocycles. The summed E-state index contributed by atoms with van der Waals surface area (Å²) in [6.07, 6.45) is 5.36. The number of halogens is 1. The lowest BCUT2D eigenvalue weighted by atomic mass is 10.2. The molecule has 21 heavy (non-hydrogen) atoms. The fourth-order valence-electron chi connectivity index (χ4n) is 2.14. The summed E-state index contributed by atoms with van der Waals surface area (Å²) >= 11 is 7.48. The van der Waals surface area contributed by atoms with Crippen LogP contribution in [0.1, 0.15) is 11.1 Å². The fourth-order valence-corrected chi connectivity index (χ4v) is 3.34. The monoisotopic (exact) mass is 316 g/mol. The third kappa shape index (κ3) is 2.00. The zero-order valence-electron chi connectivity index (χ0n) is 10.9. The Hall–Kier alpha value is -2.29. The van der Waals surface area contributed by atoms with Crippen molar-refractivity contribution in [1.29, 1.82) is 0 Å². The van der Waals surface area contributed by atoms with Crippen LogP contribution in [0, 0.1) is 19.3 Å². The highest BCUT2D eigenvalue weighted by atomic mass is 35.5. The lowest BCUT2D eigenvalue weighted by Gasteiger charge is -2.08. The van der Waals surface area contributed by atoms with Gasteiger partial charge in [0.2, 0.25) is 0 Å². The minimum absolute atomic E-state index is 0.209. The predicted molar refractivity (Wildman–Crippen MR) is 85.7 cm³/mol. The van der Waals surface area contributed by atoms with E-state index in [0.29, 0.717) is 15.8 Å². The van der Waals surface area contributed by atoms with Crippen molar-refractivity contribution in [3.8, 4) is 18.0 Å². The van der Waals surface area contributed by atoms with Gasteiger partial charge < -0.3 is 4.98 Å². The molecule has 1 N–H and O–H groups in total. The van der Waals surface area contributed by atoms with Crippen LogP contribution in [0.25, 0.3) is 15.9 Å². The van der Waals surface area contributed by atoms with Gasteiger partial charge in [0.25, 0.3) is 5.56 Å². The molecule has 0 unspecified atom stereocenters. The van der Waals surface area contributed by atoms with Gasteiger partial charge in [-0.15, -0.1) is 17.8 Å². The van der Waals surface area contributed by atoms with Gasteiger partial charge in [0.15, 0.2) is 0 Å². The Bertz CT molecular complexity index is 1020. The first-order chi connectivity index (χ1) is 10.0. The van der Waals surface area contributed by atoms with Gasteiger partial charge in [0.05, 0.1) is 16.2 Å². The second-order valence-electron chi connectivity index (χ2n) is 4.48. The molecule has 0 saturated heterocycles. The molecule has 0 atom stereocenters. The Kier molecular flexibility index (Phi) is 3.20. The van der Waals surface area contributed by atoms with Crippen LogP contribution in [0.3, 0.4) is 0 Å². The number of terminal acetylenes is 1. The molecule has 0 bridgehead atoms. The Balaban J connectivity index is 2.45. The maximum Gasteiger partial charge on any atom is 0.333 e. The van der Waals surface area contributed by atoms with E-state index in [1.807, 2.05) is 12.3 Å². The molecule has 2 aromatic heterocycles. The average molecular weight is 317 g/mol. The average Bonchev–Trinajstić information content (AvgIpc) is 2.82. The molecule has 0 radical (unpaired) electrons. The van der Waals surface area contributed by atoms with Crippen molar-refractivity contribution in [3.63, 3.8) is 0 Å². The Morgan fingerprint density at radius 1 is 1.38 bits per heavy atom. The molecule has 6 heteroatoms. The number of aryl methyl sites for hydroxylation is 1. The van der Waals surface area contributed by atoms with Crippen molar-refractivity contribution in [2.24, 2.45) is 0 Å². The number of aromatic amines is 1. The van der Waals surface area contributed by atoms with Crippen LogP contribution in [0.5, 0.6) is 0 Å². The van der Waals surface area contributed by atoms with Gasteiger partial charge in [0.1, 0.15) is 4.70 Å². The van der Waals surface area contributed by atoms with Gasteiger partial charge in [-0.1, -0.05) is 23.6 Å². The van der Waals surface area contributed by atoms with Crippen LogP contribution < -0.4 is 11.2 Å². The first kappa shape index (κ1) is 13.7. The first-order valence-electron chi connectivity index (χ1n) is 6.03. The Morgan fingerprint density at radius 3 is 2.86 bits per heavy atom. The summed E-state index contributed by atoms with van der Waals surface area (Å²) in [5.41, 5.74) is 1.21. The van der Waals surface area contributed by atoms with Crippen LogP contribution in [-0.4, -0.2) is 9.55 Å². The summed E-state index contributed by atoms with van der Waals surface area (Å²) in [6, 6.07) is 4.90. The van der Waals surface area contributed by atoms with Crippen molar-refractivity contribution in [1.82, 2.24) is 9.55 Å². The minimum atomic E-state index is -0.537. The Morgan fingerprint density at radius 2 is 2.14 bits per heavy atom. The summed E-state index contributed by atoms with van der Waals surface area (Å²) in [4.78, 5) is 27.5. The summed E-state index contributed by atoms with van der Waals surface area (Å²) < 4.78 is 1.50. The van der Waals surface area contributed by atoms with Crippen molar-refractivity contribution in [2.75, 3.05) is 0 Å². The number of hydrogen-bond donors (Lipinski definition) is 1. The summed E-state index contributed by atoms with van der Waals surface area (Å²) in [5, 5.41) is 2.03. The second kappa shape index (κ2) is 4.92. The zero-order chi connectivity index (χ0) is 15.1. The highest BCUT2D eigenvalue weighted by molar-refractivity contribution is 7.17. The number of rotatable bonds is 1. The van der Waals surface area contributed by atoms with E-state index >= 15 is 0 Å². The largest absolute Gasteiger partial charge is 0.333 e. The van der Waals surface area contributed by atoms with E-state index in [-0.39, 0.29) is 10.7 Å². The smallest absolute Gasteiger partial charge is 0.305 e. The molecule has 0 spiro atoms. The van der Waals surface area contributed by atoms with E-state index in [1.54, 1.807) is 18.2 Å². The number of thiophene rings is 1. The van der Waals surface area contributed by atoms with E-state index < -0.39 is 11.2 Å². The SMILES string of the molecule is C#Cc1cccc(-n2c(=O)[nH]c3c(C)csc3c2=O)c1Cl. The third-order valence-electron chi connectivity index (χ3n) is 3.18. The Labute approximate surface area is 128 Å². The molecular weight excluding hydrogens is 308 g/mol. The van der Waals surface area contributed by atoms with E-state index in [4.69, 9.17) is 18.0 Å². The summed E-state index contributed by atoms with van der Waals surface area (Å²) in [7, 11) is 0. The molecule has 0 aliphatic carbocycles. The molecule has 0 aliphatic heterocycles. The maximum absolute atomic E-state index is 12.6. The summed E-state index contributed by atoms with van der Waals surface area (Å²) in [6.45, 7) is 1.84. The number of hydrogen-bond acceptors (Lipinski definition) is 3. The number of H-pyrrole nitrogens is 1. The van der Waals surface area contributed by atoms with Gasteiger partial charge in [-0.2, -0.15) is 0 Å². The topological polar surface area (TPSA) is 54.9 Å². The molecule has 2 heterocycles. The molecule has 104 valence electrons. The maximum atomic E-state index is 12.6. The standard InChI is InChI=1S/C15H9ClN2O2S/c1-3-9-5-4-6-10(11(9)16)18-14(19)13-12(17-15(18)20)8(2)7-21-13/h1,4-7H,2H3,(H,17,20). The van der Waals surface area contributed by atoms with Crippen LogP contribution >= 0.6 is 22.9 Å². The lowest BCUT2D eigenvalue weighted by Crippen LogP contribution is -2.33. The predicted octanol–water partition coefficient (Wildman–Crippen LogP) is 2.68. The van der Waals surface area contributed by atoms with Gasteiger partial charge in [-0.05, 0) is 30.0 Å². The van der Waals surface area contributed by atoms with E-state index in [1.165, 1.54) is 11.3 Å². The van der Waals surface area contributed by atoms with Crippen LogP contribution in [0.2, 0.25) is 5.02 Å². The fraction of sp³-hybridized carbons (Fsp3) is 0.0667. The van der Waals surface area contributed by atoms with Crippen molar-refractivity contribution in [2.45, 2.75) is 6.92 Å². The van der Waals surface area contributed by atoms with Gasteiger partial charge in [-0.3, -0.25) is 4.79 Å². The molecule has 4 nitrogen and oxygen atoms in total. The molecule has 0 amide bonds. The second-order valence-corrected chi connectivity index (χ2v) is 5.73. The quantitative estimate of drug-likeness (QED) is 0.702. The van der Waals surface area contributed by atoms with Crippen molar-refractivity contribution >= 4 is 33.2 Å². The molecule has 3 aromatic rings. The third-order valence-corrected chi connectivity index (χ3v) is 4.67. The van der Waals surface area contributed by atoms with E-state index in [0.717, 1.165) is 10.1 Å². The number of aromatic nitrogens is 2. The molecule has 3 rings (SSSR count). The molecular formula is C15H9ClN2O2S. The highest BCUT2D eigenvalue weighted by Gasteiger charge is 2.15. The number of nitrogens with zero attached hydrogens (tertiary/aromatic N) is 1. The van der Waals surface area contributed by atoms with Gasteiger partial charge >= 0.3 is 5.69 Å². The first-order valence-corrected chi connectivity index (χ1v) is 7.29. The van der Waals surface area contributed by atoms with E-state index in [2.05, 4.69) is 10.9 Å². The minimum Gasteiger partial charge on any atom is -0.305 e. The number of nitrogens with one attached hydrogen (secondary N) is 1. The molecule has 0 saturated carbocycles.